The van der Waals surface area contributed by atoms with Crippen molar-refractivity contribution in [3.05, 3.63) is 40.2 Å². The van der Waals surface area contributed by atoms with Crippen LogP contribution in [0.3, 0.4) is 0 Å². The molecule has 0 radical (unpaired) electrons. The number of carbonyl (C=O) groups is 1. The maximum absolute atomic E-state index is 11.6. The van der Waals surface area contributed by atoms with Gasteiger partial charge in [0.1, 0.15) is 17.9 Å². The van der Waals surface area contributed by atoms with E-state index in [1.807, 2.05) is 17.4 Å². The molecule has 0 aliphatic heterocycles. The molecular formula is C14H17N2O4+. The molecule has 6 nitrogen and oxygen atoms in total. The summed E-state index contributed by atoms with van der Waals surface area (Å²) in [4.78, 5) is 22.7. The molecule has 3 N–H and O–H groups in total. The van der Waals surface area contributed by atoms with E-state index in [2.05, 4.69) is 5.32 Å². The van der Waals surface area contributed by atoms with Crippen molar-refractivity contribution >= 4 is 16.9 Å². The quantitative estimate of drug-likeness (QED) is 0.729. The van der Waals surface area contributed by atoms with E-state index in [9.17, 15) is 9.59 Å². The standard InChI is InChI=1S/C14H16N2O4/c1-15-13(17)8-16-7-9-5-14(18)20-12-6-10(19-2)3-4-11(9)12/h3-6,16H,7-8H2,1-2H3,(H,15,17)/p+1. The third-order valence-electron chi connectivity index (χ3n) is 3.01. The van der Waals surface area contributed by atoms with Gasteiger partial charge in [-0.15, -0.1) is 0 Å². The van der Waals surface area contributed by atoms with Crippen molar-refractivity contribution in [1.29, 1.82) is 0 Å². The molecule has 0 spiro atoms. The summed E-state index contributed by atoms with van der Waals surface area (Å²) in [6, 6.07) is 6.79. The van der Waals surface area contributed by atoms with Crippen molar-refractivity contribution in [1.82, 2.24) is 5.32 Å². The van der Waals surface area contributed by atoms with Gasteiger partial charge in [-0.05, 0) is 12.1 Å². The number of methoxy groups -OCH3 is 1. The van der Waals surface area contributed by atoms with Crippen molar-refractivity contribution in [2.24, 2.45) is 0 Å². The van der Waals surface area contributed by atoms with Crippen molar-refractivity contribution in [2.75, 3.05) is 20.7 Å². The van der Waals surface area contributed by atoms with Crippen LogP contribution in [-0.4, -0.2) is 26.6 Å². The lowest BCUT2D eigenvalue weighted by Gasteiger charge is -2.06. The first-order valence-electron chi connectivity index (χ1n) is 6.27. The van der Waals surface area contributed by atoms with Crippen LogP contribution in [0.5, 0.6) is 5.75 Å². The predicted molar refractivity (Wildman–Crippen MR) is 73.6 cm³/mol. The molecule has 0 aliphatic rings. The number of benzene rings is 1. The zero-order valence-corrected chi connectivity index (χ0v) is 11.4. The molecule has 1 aromatic heterocycles. The number of quaternary nitrogens is 1. The number of amides is 1. The Kier molecular flexibility index (Phi) is 4.37. The average Bonchev–Trinajstić information content (AvgIpc) is 2.45. The molecule has 2 rings (SSSR count). The molecule has 1 amide bonds. The van der Waals surface area contributed by atoms with E-state index in [4.69, 9.17) is 9.15 Å². The van der Waals surface area contributed by atoms with Crippen LogP contribution in [0, 0.1) is 0 Å². The number of hydrogen-bond donors (Lipinski definition) is 2. The van der Waals surface area contributed by atoms with Gasteiger partial charge in [0.15, 0.2) is 6.54 Å². The number of nitrogens with one attached hydrogen (secondary N) is 1. The van der Waals surface area contributed by atoms with Crippen LogP contribution in [0.2, 0.25) is 0 Å². The molecule has 1 heterocycles. The maximum Gasteiger partial charge on any atom is 0.336 e. The molecule has 6 heteroatoms. The Bertz CT molecular complexity index is 678. The van der Waals surface area contributed by atoms with Crippen LogP contribution in [0.4, 0.5) is 0 Å². The van der Waals surface area contributed by atoms with Crippen LogP contribution in [-0.2, 0) is 11.3 Å². The number of carbonyl (C=O) groups excluding carboxylic acids is 1. The molecule has 0 fully saturated rings. The summed E-state index contributed by atoms with van der Waals surface area (Å²) in [6.07, 6.45) is 0. The van der Waals surface area contributed by atoms with E-state index < -0.39 is 5.63 Å². The van der Waals surface area contributed by atoms with E-state index in [1.165, 1.54) is 6.07 Å². The molecule has 0 atom stereocenters. The smallest absolute Gasteiger partial charge is 0.336 e. The molecule has 0 aliphatic carbocycles. The van der Waals surface area contributed by atoms with Gasteiger partial charge < -0.3 is 19.8 Å². The van der Waals surface area contributed by atoms with Crippen molar-refractivity contribution in [3.8, 4) is 5.75 Å². The topological polar surface area (TPSA) is 85.2 Å². The summed E-state index contributed by atoms with van der Waals surface area (Å²) in [7, 11) is 3.15. The first-order valence-corrected chi connectivity index (χ1v) is 6.27. The normalized spacial score (nSPS) is 10.5. The van der Waals surface area contributed by atoms with Crippen LogP contribution >= 0.6 is 0 Å². The lowest BCUT2D eigenvalue weighted by atomic mass is 10.1. The van der Waals surface area contributed by atoms with E-state index in [0.717, 1.165) is 10.9 Å². The lowest BCUT2D eigenvalue weighted by Crippen LogP contribution is -2.85. The second-order valence-corrected chi connectivity index (χ2v) is 4.32. The summed E-state index contributed by atoms with van der Waals surface area (Å²) < 4.78 is 10.3. The molecule has 0 unspecified atom stereocenters. The monoisotopic (exact) mass is 277 g/mol. The van der Waals surface area contributed by atoms with Crippen LogP contribution < -0.4 is 21.0 Å². The fourth-order valence-electron chi connectivity index (χ4n) is 1.97. The molecule has 106 valence electrons. The van der Waals surface area contributed by atoms with Crippen molar-refractivity contribution in [2.45, 2.75) is 6.54 Å². The van der Waals surface area contributed by atoms with Crippen LogP contribution in [0.1, 0.15) is 5.56 Å². The summed E-state index contributed by atoms with van der Waals surface area (Å²) in [5, 5.41) is 5.22. The van der Waals surface area contributed by atoms with Gasteiger partial charge in [-0.2, -0.15) is 0 Å². The fraction of sp³-hybridized carbons (Fsp3) is 0.286. The first-order chi connectivity index (χ1) is 9.63. The number of nitrogens with two attached hydrogens (primary N) is 1. The minimum Gasteiger partial charge on any atom is -0.497 e. The second-order valence-electron chi connectivity index (χ2n) is 4.32. The summed E-state index contributed by atoms with van der Waals surface area (Å²) in [5.74, 6) is 0.575. The Labute approximate surface area is 115 Å². The van der Waals surface area contributed by atoms with Gasteiger partial charge in [-0.3, -0.25) is 4.79 Å². The van der Waals surface area contributed by atoms with Crippen molar-refractivity contribution < 1.29 is 19.3 Å². The minimum atomic E-state index is -0.408. The summed E-state index contributed by atoms with van der Waals surface area (Å²) in [5.41, 5.74) is 0.914. The second kappa shape index (κ2) is 6.21. The number of likely N-dealkylation sites (N-methyl/N-ethyl adjacent to an activating group) is 1. The molecule has 1 aromatic carbocycles. The molecule has 0 saturated carbocycles. The van der Waals surface area contributed by atoms with Gasteiger partial charge in [0, 0.05) is 30.1 Å². The largest absolute Gasteiger partial charge is 0.497 e. The van der Waals surface area contributed by atoms with E-state index in [0.29, 0.717) is 24.4 Å². The number of rotatable bonds is 5. The molecule has 0 saturated heterocycles. The van der Waals surface area contributed by atoms with Crippen LogP contribution in [0.15, 0.2) is 33.5 Å². The molecule has 2 aromatic rings. The van der Waals surface area contributed by atoms with Gasteiger partial charge in [0.25, 0.3) is 5.91 Å². The highest BCUT2D eigenvalue weighted by atomic mass is 16.5. The number of hydrogen-bond acceptors (Lipinski definition) is 4. The fourth-order valence-corrected chi connectivity index (χ4v) is 1.97. The van der Waals surface area contributed by atoms with Gasteiger partial charge in [-0.1, -0.05) is 0 Å². The molecular weight excluding hydrogens is 260 g/mol. The SMILES string of the molecule is CNC(=O)C[NH2+]Cc1cc(=O)oc2cc(OC)ccc12. The highest BCUT2D eigenvalue weighted by molar-refractivity contribution is 5.81. The zero-order valence-electron chi connectivity index (χ0n) is 11.4. The third-order valence-corrected chi connectivity index (χ3v) is 3.01. The number of fused-ring (bicyclic) bond motifs is 1. The Hall–Kier alpha value is -2.34. The predicted octanol–water partition coefficient (Wildman–Crippen LogP) is -0.389. The summed E-state index contributed by atoms with van der Waals surface area (Å²) in [6.45, 7) is 0.843. The van der Waals surface area contributed by atoms with Gasteiger partial charge >= 0.3 is 5.63 Å². The van der Waals surface area contributed by atoms with E-state index in [1.54, 1.807) is 20.2 Å². The Morgan fingerprint density at radius 1 is 1.40 bits per heavy atom. The minimum absolute atomic E-state index is 0.0565. The first kappa shape index (κ1) is 14.1. The third kappa shape index (κ3) is 3.16. The van der Waals surface area contributed by atoms with Crippen LogP contribution in [0.25, 0.3) is 11.0 Å². The number of ether oxygens (including phenoxy) is 1. The maximum atomic E-state index is 11.6. The zero-order chi connectivity index (χ0) is 14.5. The Balaban J connectivity index is 2.28. The van der Waals surface area contributed by atoms with Gasteiger partial charge in [0.05, 0.1) is 7.11 Å². The lowest BCUT2D eigenvalue weighted by molar-refractivity contribution is -0.659. The Morgan fingerprint density at radius 3 is 2.90 bits per heavy atom. The highest BCUT2D eigenvalue weighted by Gasteiger charge is 2.09. The molecule has 0 bridgehead atoms. The molecule has 20 heavy (non-hydrogen) atoms. The van der Waals surface area contributed by atoms with Crippen molar-refractivity contribution in [3.63, 3.8) is 0 Å². The van der Waals surface area contributed by atoms with Gasteiger partial charge in [-0.25, -0.2) is 4.79 Å². The Morgan fingerprint density at radius 2 is 2.20 bits per heavy atom. The highest BCUT2D eigenvalue weighted by Crippen LogP contribution is 2.21. The van der Waals surface area contributed by atoms with E-state index in [-0.39, 0.29) is 5.91 Å². The summed E-state index contributed by atoms with van der Waals surface area (Å²) >= 11 is 0. The average molecular weight is 277 g/mol. The van der Waals surface area contributed by atoms with Gasteiger partial charge in [0.2, 0.25) is 0 Å². The van der Waals surface area contributed by atoms with E-state index >= 15 is 0 Å².